The van der Waals surface area contributed by atoms with Crippen LogP contribution in [0.2, 0.25) is 10.0 Å². The quantitative estimate of drug-likeness (QED) is 0.254. The fourth-order valence-electron chi connectivity index (χ4n) is 4.95. The van der Waals surface area contributed by atoms with E-state index in [1.54, 1.807) is 42.5 Å². The Morgan fingerprint density at radius 3 is 2.43 bits per heavy atom. The molecule has 35 heavy (non-hydrogen) atoms. The van der Waals surface area contributed by atoms with Crippen molar-refractivity contribution < 1.29 is 23.9 Å². The number of halogens is 2. The molecule has 2 fully saturated rings. The normalized spacial score (nSPS) is 24.0. The summed E-state index contributed by atoms with van der Waals surface area (Å²) < 4.78 is 5.49. The number of carbonyl (C=O) groups excluding carboxylic acids is 4. The number of imide groups is 1. The Hall–Kier alpha value is -3.16. The molecule has 2 heterocycles. The lowest BCUT2D eigenvalue weighted by Gasteiger charge is -2.19. The molecular weight excluding hydrogens is 491 g/mol. The van der Waals surface area contributed by atoms with E-state index in [-0.39, 0.29) is 53.3 Å². The molecule has 2 saturated heterocycles. The van der Waals surface area contributed by atoms with E-state index in [0.29, 0.717) is 29.2 Å². The van der Waals surface area contributed by atoms with E-state index in [4.69, 9.17) is 27.9 Å². The zero-order valence-corrected chi connectivity index (χ0v) is 20.4. The van der Waals surface area contributed by atoms with Gasteiger partial charge in [0.1, 0.15) is 5.75 Å². The second-order valence-electron chi connectivity index (χ2n) is 9.11. The average Bonchev–Trinajstić information content (AvgIpc) is 3.33. The van der Waals surface area contributed by atoms with Gasteiger partial charge in [0.2, 0.25) is 17.7 Å². The smallest absolute Gasteiger partial charge is 0.316 e. The third kappa shape index (κ3) is 4.23. The van der Waals surface area contributed by atoms with Gasteiger partial charge in [-0.1, -0.05) is 40.9 Å². The van der Waals surface area contributed by atoms with Gasteiger partial charge >= 0.3 is 5.97 Å². The van der Waals surface area contributed by atoms with Crippen LogP contribution >= 0.6 is 23.2 Å². The number of carbonyl (C=O) groups is 4. The molecule has 2 aliphatic heterocycles. The summed E-state index contributed by atoms with van der Waals surface area (Å²) in [6.45, 7) is 2.10. The van der Waals surface area contributed by atoms with Gasteiger partial charge in [-0.25, -0.2) is 0 Å². The van der Waals surface area contributed by atoms with E-state index in [1.807, 2.05) is 13.0 Å². The minimum Gasteiger partial charge on any atom is -0.426 e. The molecule has 2 aromatic rings. The number of hydrogen-bond donors (Lipinski definition) is 0. The maximum Gasteiger partial charge on any atom is 0.316 e. The number of ether oxygens (including phenoxy) is 1. The van der Waals surface area contributed by atoms with Crippen molar-refractivity contribution in [3.05, 3.63) is 64.2 Å². The topological polar surface area (TPSA) is 84.0 Å². The molecule has 7 nitrogen and oxygen atoms in total. The third-order valence-corrected chi connectivity index (χ3v) is 7.63. The molecule has 0 saturated carbocycles. The largest absolute Gasteiger partial charge is 0.426 e. The molecule has 0 radical (unpaired) electrons. The van der Waals surface area contributed by atoms with Crippen molar-refractivity contribution >= 4 is 58.3 Å². The lowest BCUT2D eigenvalue weighted by molar-refractivity contribution is -0.139. The zero-order chi connectivity index (χ0) is 24.9. The Labute approximate surface area is 212 Å². The second kappa shape index (κ2) is 9.13. The molecule has 1 aliphatic carbocycles. The van der Waals surface area contributed by atoms with Crippen LogP contribution in [0.3, 0.4) is 0 Å². The Morgan fingerprint density at radius 1 is 0.971 bits per heavy atom. The zero-order valence-electron chi connectivity index (χ0n) is 18.9. The van der Waals surface area contributed by atoms with Gasteiger partial charge in [0, 0.05) is 13.0 Å². The molecule has 3 atom stereocenters. The average molecular weight is 513 g/mol. The highest BCUT2D eigenvalue weighted by Gasteiger charge is 2.48. The molecule has 5 rings (SSSR count). The summed E-state index contributed by atoms with van der Waals surface area (Å²) in [6.07, 6.45) is 3.18. The maximum absolute atomic E-state index is 12.9. The molecule has 3 amide bonds. The van der Waals surface area contributed by atoms with Crippen LogP contribution in [0.4, 0.5) is 11.4 Å². The molecule has 9 heteroatoms. The Bertz CT molecular complexity index is 1270. The molecule has 2 aromatic carbocycles. The van der Waals surface area contributed by atoms with Crippen molar-refractivity contribution in [3.63, 3.8) is 0 Å². The number of nitrogens with zero attached hydrogens (tertiary/aromatic N) is 2. The van der Waals surface area contributed by atoms with Gasteiger partial charge in [0.15, 0.2) is 0 Å². The van der Waals surface area contributed by atoms with Gasteiger partial charge in [-0.15, -0.1) is 0 Å². The van der Waals surface area contributed by atoms with Crippen LogP contribution in [0.5, 0.6) is 5.75 Å². The Morgan fingerprint density at radius 2 is 1.69 bits per heavy atom. The van der Waals surface area contributed by atoms with Gasteiger partial charge < -0.3 is 9.64 Å². The van der Waals surface area contributed by atoms with Gasteiger partial charge in [0.25, 0.3) is 0 Å². The number of esters is 1. The molecule has 0 bridgehead atoms. The van der Waals surface area contributed by atoms with Gasteiger partial charge in [-0.2, -0.15) is 0 Å². The predicted molar refractivity (Wildman–Crippen MR) is 131 cm³/mol. The van der Waals surface area contributed by atoms with Crippen molar-refractivity contribution in [2.45, 2.75) is 26.2 Å². The highest BCUT2D eigenvalue weighted by atomic mass is 35.5. The molecule has 0 spiro atoms. The van der Waals surface area contributed by atoms with Crippen molar-refractivity contribution in [2.24, 2.45) is 17.8 Å². The van der Waals surface area contributed by atoms with E-state index in [2.05, 4.69) is 0 Å². The first-order valence-corrected chi connectivity index (χ1v) is 12.1. The molecule has 3 aliphatic rings. The summed E-state index contributed by atoms with van der Waals surface area (Å²) >= 11 is 12.3. The van der Waals surface area contributed by atoms with E-state index >= 15 is 0 Å². The van der Waals surface area contributed by atoms with Gasteiger partial charge in [-0.05, 0) is 56.2 Å². The fraction of sp³-hybridized carbons (Fsp3) is 0.308. The van der Waals surface area contributed by atoms with Crippen molar-refractivity contribution in [1.82, 2.24) is 0 Å². The minimum absolute atomic E-state index is 0.00717. The van der Waals surface area contributed by atoms with Crippen LogP contribution in [-0.4, -0.2) is 30.2 Å². The van der Waals surface area contributed by atoms with Crippen molar-refractivity contribution in [2.75, 3.05) is 16.3 Å². The number of allylic oxidation sites excluding steroid dienone is 2. The van der Waals surface area contributed by atoms with Crippen LogP contribution in [0, 0.1) is 17.8 Å². The standard InChI is InChI=1S/C26H22Cl2N2O5/c1-14-5-10-18-19(11-14)25(33)30(24(18)32)16-6-8-17(9-7-16)35-26(34)15-12-22(31)29(13-15)21-4-2-3-20(27)23(21)28/h2-9,15,18-19H,10-13H2,1H3/t15-,18-,19-/m0/s1. The summed E-state index contributed by atoms with van der Waals surface area (Å²) in [6, 6.07) is 11.3. The van der Waals surface area contributed by atoms with E-state index in [9.17, 15) is 19.2 Å². The van der Waals surface area contributed by atoms with Crippen molar-refractivity contribution in [1.29, 1.82) is 0 Å². The summed E-state index contributed by atoms with van der Waals surface area (Å²) in [7, 11) is 0. The van der Waals surface area contributed by atoms with Gasteiger partial charge in [0.05, 0.1) is 39.2 Å². The Balaban J connectivity index is 1.25. The summed E-state index contributed by atoms with van der Waals surface area (Å²) in [5.41, 5.74) is 2.03. The summed E-state index contributed by atoms with van der Waals surface area (Å²) in [4.78, 5) is 53.7. The monoisotopic (exact) mass is 512 g/mol. The number of hydrogen-bond acceptors (Lipinski definition) is 5. The highest BCUT2D eigenvalue weighted by Crippen LogP contribution is 2.40. The molecule has 0 N–H and O–H groups in total. The second-order valence-corrected chi connectivity index (χ2v) is 9.89. The third-order valence-electron chi connectivity index (χ3n) is 6.82. The number of anilines is 2. The predicted octanol–water partition coefficient (Wildman–Crippen LogP) is 4.80. The van der Waals surface area contributed by atoms with E-state index in [1.165, 1.54) is 9.80 Å². The van der Waals surface area contributed by atoms with Crippen LogP contribution < -0.4 is 14.5 Å². The first-order valence-electron chi connectivity index (χ1n) is 11.3. The molecule has 0 aromatic heterocycles. The van der Waals surface area contributed by atoms with Crippen LogP contribution in [0.1, 0.15) is 26.2 Å². The van der Waals surface area contributed by atoms with E-state index < -0.39 is 11.9 Å². The number of amides is 3. The lowest BCUT2D eigenvalue weighted by atomic mass is 9.82. The fourth-order valence-corrected chi connectivity index (χ4v) is 5.35. The number of benzene rings is 2. The first kappa shape index (κ1) is 23.6. The maximum atomic E-state index is 12.9. The van der Waals surface area contributed by atoms with Crippen LogP contribution in [0.15, 0.2) is 54.1 Å². The molecule has 180 valence electrons. The highest BCUT2D eigenvalue weighted by molar-refractivity contribution is 6.44. The summed E-state index contributed by atoms with van der Waals surface area (Å²) in [5, 5.41) is 0.576. The lowest BCUT2D eigenvalue weighted by Crippen LogP contribution is -2.30. The molecular formula is C26H22Cl2N2O5. The number of rotatable bonds is 4. The number of fused-ring (bicyclic) bond motifs is 1. The van der Waals surface area contributed by atoms with Crippen LogP contribution in [-0.2, 0) is 19.2 Å². The SMILES string of the molecule is CC1=CC[C@@H]2C(=O)N(c3ccc(OC(=O)[C@H]4CC(=O)N(c5cccc(Cl)c5Cl)C4)cc3)C(=O)[C@H]2C1. The van der Waals surface area contributed by atoms with Crippen molar-refractivity contribution in [3.8, 4) is 5.75 Å². The summed E-state index contributed by atoms with van der Waals surface area (Å²) in [5.74, 6) is -2.23. The molecule has 0 unspecified atom stereocenters. The van der Waals surface area contributed by atoms with E-state index in [0.717, 1.165) is 5.57 Å². The van der Waals surface area contributed by atoms with Gasteiger partial charge in [-0.3, -0.25) is 24.1 Å². The Kier molecular flexibility index (Phi) is 6.15. The van der Waals surface area contributed by atoms with Crippen LogP contribution in [0.25, 0.3) is 0 Å². The first-order chi connectivity index (χ1) is 16.7. The minimum atomic E-state index is -0.669.